The molecule has 0 spiro atoms. The van der Waals surface area contributed by atoms with E-state index < -0.39 is 6.61 Å². The summed E-state index contributed by atoms with van der Waals surface area (Å²) in [5, 5.41) is 0.270. The fraction of sp³-hybridized carbons (Fsp3) is 0.455. The van der Waals surface area contributed by atoms with Gasteiger partial charge in [0.2, 0.25) is 0 Å². The summed E-state index contributed by atoms with van der Waals surface area (Å²) < 4.78 is 34.5. The summed E-state index contributed by atoms with van der Waals surface area (Å²) in [5.74, 6) is -0.158. The van der Waals surface area contributed by atoms with Gasteiger partial charge in [-0.25, -0.2) is 0 Å². The van der Waals surface area contributed by atoms with Gasteiger partial charge in [-0.05, 0) is 6.42 Å². The fourth-order valence-electron chi connectivity index (χ4n) is 1.29. The van der Waals surface area contributed by atoms with E-state index in [1.54, 1.807) is 0 Å². The minimum Gasteiger partial charge on any atom is -0.490 e. The van der Waals surface area contributed by atoms with Crippen LogP contribution < -0.4 is 9.47 Å². The third-order valence-corrected chi connectivity index (χ3v) is 3.13. The van der Waals surface area contributed by atoms with Crippen molar-refractivity contribution in [2.45, 2.75) is 25.8 Å². The molecule has 0 aliphatic rings. The van der Waals surface area contributed by atoms with Gasteiger partial charge in [0.05, 0.1) is 22.5 Å². The number of alkyl halides is 3. The molecule has 18 heavy (non-hydrogen) atoms. The van der Waals surface area contributed by atoms with Crippen molar-refractivity contribution >= 4 is 34.8 Å². The quantitative estimate of drug-likeness (QED) is 0.677. The average Bonchev–Trinajstić information content (AvgIpc) is 2.31. The van der Waals surface area contributed by atoms with Gasteiger partial charge in [0, 0.05) is 11.6 Å². The van der Waals surface area contributed by atoms with Gasteiger partial charge in [-0.2, -0.15) is 8.78 Å². The van der Waals surface area contributed by atoms with Crippen LogP contribution >= 0.6 is 34.8 Å². The Labute approximate surface area is 119 Å². The van der Waals surface area contributed by atoms with Crippen molar-refractivity contribution in [1.82, 2.24) is 0 Å². The molecule has 0 unspecified atom stereocenters. The van der Waals surface area contributed by atoms with Gasteiger partial charge in [-0.15, -0.1) is 11.6 Å². The van der Waals surface area contributed by atoms with Crippen LogP contribution in [-0.2, 0) is 5.88 Å². The molecule has 1 aromatic rings. The van der Waals surface area contributed by atoms with E-state index in [1.165, 1.54) is 6.07 Å². The van der Waals surface area contributed by atoms with E-state index in [0.717, 1.165) is 0 Å². The van der Waals surface area contributed by atoms with Crippen molar-refractivity contribution in [2.24, 2.45) is 0 Å². The van der Waals surface area contributed by atoms with Crippen molar-refractivity contribution in [3.63, 3.8) is 0 Å². The Hall–Kier alpha value is -0.450. The van der Waals surface area contributed by atoms with Crippen LogP contribution in [-0.4, -0.2) is 13.2 Å². The van der Waals surface area contributed by atoms with Crippen molar-refractivity contribution in [1.29, 1.82) is 0 Å². The van der Waals surface area contributed by atoms with E-state index in [9.17, 15) is 8.78 Å². The maximum atomic E-state index is 12.4. The van der Waals surface area contributed by atoms with Crippen LogP contribution in [0.5, 0.6) is 11.5 Å². The molecule has 0 aliphatic heterocycles. The highest BCUT2D eigenvalue weighted by molar-refractivity contribution is 6.43. The van der Waals surface area contributed by atoms with Gasteiger partial charge in [0.15, 0.2) is 11.5 Å². The number of ether oxygens (including phenoxy) is 2. The van der Waals surface area contributed by atoms with Crippen LogP contribution in [0.25, 0.3) is 0 Å². The van der Waals surface area contributed by atoms with Gasteiger partial charge in [0.1, 0.15) is 0 Å². The van der Waals surface area contributed by atoms with E-state index >= 15 is 0 Å². The Bertz CT molecular complexity index is 414. The molecule has 2 nitrogen and oxygen atoms in total. The molecule has 0 atom stereocenters. The monoisotopic (exact) mass is 318 g/mol. The second kappa shape index (κ2) is 7.22. The number of benzene rings is 1. The zero-order chi connectivity index (χ0) is 13.7. The van der Waals surface area contributed by atoms with Crippen LogP contribution in [0.1, 0.15) is 18.9 Å². The summed E-state index contributed by atoms with van der Waals surface area (Å²) in [4.78, 5) is 0. The largest absolute Gasteiger partial charge is 0.490 e. The van der Waals surface area contributed by atoms with E-state index in [0.29, 0.717) is 13.0 Å². The Balaban J connectivity index is 3.24. The van der Waals surface area contributed by atoms with Gasteiger partial charge in [-0.1, -0.05) is 30.1 Å². The smallest absolute Gasteiger partial charge is 0.387 e. The minimum absolute atomic E-state index is 0.0890. The molecule has 0 heterocycles. The highest BCUT2D eigenvalue weighted by Crippen LogP contribution is 2.42. The van der Waals surface area contributed by atoms with Gasteiger partial charge >= 0.3 is 6.61 Å². The molecule has 0 aliphatic carbocycles. The number of hydrogen-bond acceptors (Lipinski definition) is 2. The van der Waals surface area contributed by atoms with Gasteiger partial charge in [-0.3, -0.25) is 0 Å². The SMILES string of the molecule is CCCOc1cc(Cl)c(Cl)c(CCl)c1OC(F)F. The van der Waals surface area contributed by atoms with Crippen molar-refractivity contribution in [2.75, 3.05) is 6.61 Å². The molecule has 0 saturated carbocycles. The van der Waals surface area contributed by atoms with Crippen molar-refractivity contribution in [3.05, 3.63) is 21.7 Å². The summed E-state index contributed by atoms with van der Waals surface area (Å²) in [6, 6.07) is 1.34. The Kier molecular flexibility index (Phi) is 6.26. The number of halogens is 5. The molecular weight excluding hydrogens is 308 g/mol. The first-order chi connectivity index (χ1) is 8.51. The van der Waals surface area contributed by atoms with Crippen LogP contribution in [0.3, 0.4) is 0 Å². The number of rotatable bonds is 6. The van der Waals surface area contributed by atoms with Gasteiger partial charge < -0.3 is 9.47 Å². The molecule has 7 heteroatoms. The Morgan fingerprint density at radius 1 is 1.33 bits per heavy atom. The van der Waals surface area contributed by atoms with Crippen molar-refractivity contribution in [3.8, 4) is 11.5 Å². The summed E-state index contributed by atoms with van der Waals surface area (Å²) in [5.41, 5.74) is 0.192. The minimum atomic E-state index is -2.99. The molecule has 0 aromatic heterocycles. The normalized spacial score (nSPS) is 10.8. The predicted octanol–water partition coefficient (Wildman–Crippen LogP) is 5.12. The highest BCUT2D eigenvalue weighted by Gasteiger charge is 2.21. The topological polar surface area (TPSA) is 18.5 Å². The molecule has 0 amide bonds. The van der Waals surface area contributed by atoms with Crippen LogP contribution in [0.4, 0.5) is 8.78 Å². The predicted molar refractivity (Wildman–Crippen MR) is 68.4 cm³/mol. The molecule has 1 aromatic carbocycles. The lowest BCUT2D eigenvalue weighted by Gasteiger charge is -2.16. The Morgan fingerprint density at radius 3 is 2.50 bits per heavy atom. The molecule has 0 saturated heterocycles. The second-order valence-corrected chi connectivity index (χ2v) is 4.39. The Morgan fingerprint density at radius 2 is 2.00 bits per heavy atom. The third-order valence-electron chi connectivity index (χ3n) is 2.03. The molecular formula is C11H11Cl3F2O2. The first-order valence-corrected chi connectivity index (χ1v) is 6.44. The second-order valence-electron chi connectivity index (χ2n) is 3.34. The molecule has 102 valence electrons. The van der Waals surface area contributed by atoms with Crippen molar-refractivity contribution < 1.29 is 18.3 Å². The summed E-state index contributed by atoms with van der Waals surface area (Å²) in [6.07, 6.45) is 0.713. The highest BCUT2D eigenvalue weighted by atomic mass is 35.5. The van der Waals surface area contributed by atoms with E-state index in [2.05, 4.69) is 4.74 Å². The maximum Gasteiger partial charge on any atom is 0.387 e. The van der Waals surface area contributed by atoms with E-state index in [-0.39, 0.29) is 33.0 Å². The first kappa shape index (κ1) is 15.6. The molecule has 0 N–H and O–H groups in total. The molecule has 1 rings (SSSR count). The lowest BCUT2D eigenvalue weighted by molar-refractivity contribution is -0.0519. The molecule has 0 bridgehead atoms. The first-order valence-electron chi connectivity index (χ1n) is 5.15. The lowest BCUT2D eigenvalue weighted by Crippen LogP contribution is -2.07. The van der Waals surface area contributed by atoms with E-state index in [1.807, 2.05) is 6.92 Å². The summed E-state index contributed by atoms with van der Waals surface area (Å²) in [6.45, 7) is -0.763. The summed E-state index contributed by atoms with van der Waals surface area (Å²) in [7, 11) is 0. The fourth-order valence-corrected chi connectivity index (χ4v) is 2.04. The molecule has 0 fully saturated rings. The van der Waals surface area contributed by atoms with E-state index in [4.69, 9.17) is 39.5 Å². The zero-order valence-corrected chi connectivity index (χ0v) is 11.8. The van der Waals surface area contributed by atoms with Crippen LogP contribution in [0.2, 0.25) is 10.0 Å². The third kappa shape index (κ3) is 3.77. The van der Waals surface area contributed by atoms with Crippen LogP contribution in [0, 0.1) is 0 Å². The lowest BCUT2D eigenvalue weighted by atomic mass is 10.2. The van der Waals surface area contributed by atoms with Crippen LogP contribution in [0.15, 0.2) is 6.07 Å². The molecule has 0 radical (unpaired) electrons. The summed E-state index contributed by atoms with van der Waals surface area (Å²) >= 11 is 17.4. The average molecular weight is 320 g/mol. The standard InChI is InChI=1S/C11H11Cl3F2O2/c1-2-3-17-8-4-7(13)9(14)6(5-12)10(8)18-11(15)16/h4,11H,2-3,5H2,1H3. The number of hydrogen-bond donors (Lipinski definition) is 0. The maximum absolute atomic E-state index is 12.4. The van der Waals surface area contributed by atoms with Gasteiger partial charge in [0.25, 0.3) is 0 Å². The zero-order valence-electron chi connectivity index (χ0n) is 9.48.